The first-order valence-corrected chi connectivity index (χ1v) is 11.9. The average molecular weight is 546 g/mol. The Hall–Kier alpha value is -4.42. The number of hydrogen-bond acceptors (Lipinski definition) is 8. The Balaban J connectivity index is 1.63. The Morgan fingerprint density at radius 2 is 1.82 bits per heavy atom. The van der Waals surface area contributed by atoms with Crippen LogP contribution in [0.5, 0.6) is 11.5 Å². The Bertz CT molecular complexity index is 1550. The molecule has 204 valence electrons. The van der Waals surface area contributed by atoms with Crippen LogP contribution < -0.4 is 9.47 Å². The molecule has 0 N–H and O–H groups in total. The van der Waals surface area contributed by atoms with E-state index in [0.29, 0.717) is 35.8 Å². The van der Waals surface area contributed by atoms with Crippen molar-refractivity contribution >= 4 is 5.97 Å². The van der Waals surface area contributed by atoms with Gasteiger partial charge < -0.3 is 23.2 Å². The molecule has 1 unspecified atom stereocenters. The van der Waals surface area contributed by atoms with Gasteiger partial charge in [-0.3, -0.25) is 0 Å². The third-order valence-corrected chi connectivity index (χ3v) is 6.29. The number of rotatable bonds is 7. The Labute approximate surface area is 219 Å². The van der Waals surface area contributed by atoms with Gasteiger partial charge in [-0.05, 0) is 25.5 Å². The van der Waals surface area contributed by atoms with Crippen molar-refractivity contribution < 1.29 is 41.0 Å². The molecular weight excluding hydrogens is 524 g/mol. The summed E-state index contributed by atoms with van der Waals surface area (Å²) in [6.45, 7) is 3.45. The fourth-order valence-electron chi connectivity index (χ4n) is 4.55. The van der Waals surface area contributed by atoms with Crippen LogP contribution in [0.3, 0.4) is 0 Å². The van der Waals surface area contributed by atoms with Gasteiger partial charge in [0.2, 0.25) is 0 Å². The van der Waals surface area contributed by atoms with E-state index in [1.54, 1.807) is 13.8 Å². The van der Waals surface area contributed by atoms with Crippen LogP contribution in [-0.4, -0.2) is 39.4 Å². The smallest absolute Gasteiger partial charge is 0.358 e. The van der Waals surface area contributed by atoms with Crippen molar-refractivity contribution in [1.29, 1.82) is 0 Å². The Morgan fingerprint density at radius 1 is 1.08 bits per heavy atom. The molecule has 13 heteroatoms. The number of esters is 1. The van der Waals surface area contributed by atoms with E-state index in [1.165, 1.54) is 30.0 Å². The molecule has 3 heterocycles. The van der Waals surface area contributed by atoms with E-state index in [1.807, 2.05) is 0 Å². The molecule has 9 nitrogen and oxygen atoms in total. The van der Waals surface area contributed by atoms with Gasteiger partial charge in [0, 0.05) is 32.0 Å². The van der Waals surface area contributed by atoms with Crippen LogP contribution in [0.4, 0.5) is 17.6 Å². The van der Waals surface area contributed by atoms with Crippen molar-refractivity contribution in [3.63, 3.8) is 0 Å². The number of fused-ring (bicyclic) bond motifs is 1. The number of ether oxygens (including phenoxy) is 3. The van der Waals surface area contributed by atoms with E-state index in [9.17, 15) is 18.0 Å². The van der Waals surface area contributed by atoms with E-state index >= 15 is 4.39 Å². The Morgan fingerprint density at radius 3 is 2.46 bits per heavy atom. The third kappa shape index (κ3) is 4.47. The van der Waals surface area contributed by atoms with Gasteiger partial charge >= 0.3 is 5.97 Å². The molecule has 4 aromatic rings. The lowest BCUT2D eigenvalue weighted by molar-refractivity contribution is -0.166. The Kier molecular flexibility index (Phi) is 6.74. The van der Waals surface area contributed by atoms with Crippen molar-refractivity contribution in [2.24, 2.45) is 0 Å². The zero-order valence-electron chi connectivity index (χ0n) is 21.1. The number of aryl methyl sites for hydroxylation is 1. The maximum atomic E-state index is 15.5. The van der Waals surface area contributed by atoms with Gasteiger partial charge in [0.15, 0.2) is 40.8 Å². The van der Waals surface area contributed by atoms with Crippen LogP contribution in [0, 0.1) is 30.2 Å². The van der Waals surface area contributed by atoms with E-state index in [4.69, 9.17) is 18.6 Å². The molecule has 0 radical (unpaired) electrons. The van der Waals surface area contributed by atoms with Gasteiger partial charge in [-0.25, -0.2) is 27.3 Å². The monoisotopic (exact) mass is 546 g/mol. The predicted octanol–water partition coefficient (Wildman–Crippen LogP) is 5.10. The van der Waals surface area contributed by atoms with E-state index in [2.05, 4.69) is 15.2 Å². The highest BCUT2D eigenvalue weighted by molar-refractivity contribution is 5.81. The summed E-state index contributed by atoms with van der Waals surface area (Å²) < 4.78 is 80.4. The zero-order valence-corrected chi connectivity index (χ0v) is 21.1. The van der Waals surface area contributed by atoms with E-state index in [0.717, 1.165) is 0 Å². The molecule has 0 bridgehead atoms. The molecule has 0 saturated heterocycles. The van der Waals surface area contributed by atoms with Crippen molar-refractivity contribution in [2.75, 3.05) is 13.7 Å². The SMILES string of the molecule is CCOC(=O)C1(Oc2cc(F)c(F)c(F)c2)CCCn2c(-c3cc(OC)c(-c4cnc(C)o4)cc3F)nnc21. The van der Waals surface area contributed by atoms with Crippen LogP contribution in [0.1, 0.15) is 31.5 Å². The summed E-state index contributed by atoms with van der Waals surface area (Å²) in [7, 11) is 1.41. The second kappa shape index (κ2) is 10.0. The van der Waals surface area contributed by atoms with Crippen LogP contribution in [0.25, 0.3) is 22.7 Å². The van der Waals surface area contributed by atoms with Crippen LogP contribution in [0.15, 0.2) is 34.9 Å². The molecule has 0 amide bonds. The predicted molar refractivity (Wildman–Crippen MR) is 127 cm³/mol. The first-order chi connectivity index (χ1) is 18.7. The second-order valence-corrected chi connectivity index (χ2v) is 8.73. The molecule has 2 aromatic heterocycles. The van der Waals surface area contributed by atoms with Gasteiger partial charge in [-0.2, -0.15) is 0 Å². The van der Waals surface area contributed by atoms with Gasteiger partial charge in [0.1, 0.15) is 17.3 Å². The summed E-state index contributed by atoms with van der Waals surface area (Å²) in [5.41, 5.74) is -1.67. The number of methoxy groups -OCH3 is 1. The summed E-state index contributed by atoms with van der Waals surface area (Å²) in [5, 5.41) is 8.24. The first kappa shape index (κ1) is 26.2. The number of benzene rings is 2. The molecule has 0 fully saturated rings. The summed E-state index contributed by atoms with van der Waals surface area (Å²) in [4.78, 5) is 17.3. The number of oxazole rings is 1. The van der Waals surface area contributed by atoms with Gasteiger partial charge in [-0.1, -0.05) is 0 Å². The van der Waals surface area contributed by atoms with Crippen LogP contribution in [-0.2, 0) is 21.7 Å². The number of hydrogen-bond donors (Lipinski definition) is 0. The number of carbonyl (C=O) groups is 1. The lowest BCUT2D eigenvalue weighted by atomic mass is 9.92. The number of carbonyl (C=O) groups excluding carboxylic acids is 1. The maximum Gasteiger partial charge on any atom is 0.358 e. The summed E-state index contributed by atoms with van der Waals surface area (Å²) in [6.07, 6.45) is 1.74. The normalized spacial score (nSPS) is 16.6. The molecule has 0 saturated carbocycles. The molecule has 2 aromatic carbocycles. The minimum Gasteiger partial charge on any atom is -0.496 e. The average Bonchev–Trinajstić information content (AvgIpc) is 3.54. The van der Waals surface area contributed by atoms with Crippen LogP contribution >= 0.6 is 0 Å². The minimum atomic E-state index is -1.99. The van der Waals surface area contributed by atoms with Crippen LogP contribution in [0.2, 0.25) is 0 Å². The van der Waals surface area contributed by atoms with Gasteiger partial charge in [0.05, 0.1) is 31.0 Å². The third-order valence-electron chi connectivity index (χ3n) is 6.29. The molecule has 5 rings (SSSR count). The topological polar surface area (TPSA) is 102 Å². The lowest BCUT2D eigenvalue weighted by Gasteiger charge is -2.34. The van der Waals surface area contributed by atoms with Crippen molar-refractivity contribution in [3.8, 4) is 34.2 Å². The number of aromatic nitrogens is 4. The van der Waals surface area contributed by atoms with Crippen molar-refractivity contribution in [1.82, 2.24) is 19.7 Å². The van der Waals surface area contributed by atoms with Crippen molar-refractivity contribution in [2.45, 2.75) is 38.8 Å². The minimum absolute atomic E-state index is 0.000166. The van der Waals surface area contributed by atoms with Gasteiger partial charge in [-0.15, -0.1) is 10.2 Å². The van der Waals surface area contributed by atoms with E-state index < -0.39 is 40.6 Å². The summed E-state index contributed by atoms with van der Waals surface area (Å²) >= 11 is 0. The highest BCUT2D eigenvalue weighted by Crippen LogP contribution is 2.41. The van der Waals surface area contributed by atoms with Crippen molar-refractivity contribution in [3.05, 3.63) is 65.4 Å². The lowest BCUT2D eigenvalue weighted by Crippen LogP contribution is -2.47. The maximum absolute atomic E-state index is 15.5. The summed E-state index contributed by atoms with van der Waals surface area (Å²) in [5.74, 6) is -5.81. The van der Waals surface area contributed by atoms with E-state index in [-0.39, 0.29) is 42.5 Å². The quantitative estimate of drug-likeness (QED) is 0.179. The first-order valence-electron chi connectivity index (χ1n) is 11.9. The molecule has 1 atom stereocenters. The molecule has 1 aliphatic rings. The second-order valence-electron chi connectivity index (χ2n) is 8.73. The standard InChI is InChI=1S/C26H22F4N4O5/c1-4-37-25(35)26(39-14-8-18(28)22(30)19(29)9-14)6-5-7-34-23(32-33-24(26)34)15-11-20(36-3)16(10-17(15)27)21-12-31-13(2)38-21/h8-12H,4-7H2,1-3H3. The largest absolute Gasteiger partial charge is 0.496 e. The van der Waals surface area contributed by atoms with Gasteiger partial charge in [0.25, 0.3) is 5.60 Å². The fraction of sp³-hybridized carbons (Fsp3) is 0.308. The highest BCUT2D eigenvalue weighted by Gasteiger charge is 2.51. The molecule has 1 aliphatic heterocycles. The fourth-order valence-corrected chi connectivity index (χ4v) is 4.55. The highest BCUT2D eigenvalue weighted by atomic mass is 19.2. The molecule has 0 spiro atoms. The number of halogens is 4. The zero-order chi connectivity index (χ0) is 27.9. The molecule has 39 heavy (non-hydrogen) atoms. The number of nitrogens with zero attached hydrogens (tertiary/aromatic N) is 4. The molecular formula is C26H22F4N4O5. The molecule has 0 aliphatic carbocycles. The summed E-state index contributed by atoms with van der Waals surface area (Å²) in [6, 6.07) is 3.85.